The molecule has 8 heteroatoms. The standard InChI is InChI=1S/C27H22FN3O4/c1-16(32)30-20-8-2-17(3-9-20)12-13-29-27(33)23-14-21(18-4-6-19(28)7-5-18)25-22(31-23)10-11-24-26(25)35-15-34-24/h2-11,14H,12-13,15H2,1H3,(H,29,33)(H,30,32). The molecule has 176 valence electrons. The van der Waals surface area contributed by atoms with Gasteiger partial charge in [0, 0.05) is 19.2 Å². The summed E-state index contributed by atoms with van der Waals surface area (Å²) in [4.78, 5) is 28.7. The Labute approximate surface area is 200 Å². The molecule has 0 radical (unpaired) electrons. The summed E-state index contributed by atoms with van der Waals surface area (Å²) in [7, 11) is 0. The number of halogens is 1. The van der Waals surface area contributed by atoms with Gasteiger partial charge in [-0.3, -0.25) is 9.59 Å². The molecule has 1 aliphatic heterocycles. The van der Waals surface area contributed by atoms with Crippen molar-refractivity contribution in [2.75, 3.05) is 18.7 Å². The first kappa shape index (κ1) is 22.3. The summed E-state index contributed by atoms with van der Waals surface area (Å²) in [5.41, 5.74) is 4.00. The quantitative estimate of drug-likeness (QED) is 0.426. The zero-order valence-electron chi connectivity index (χ0n) is 18.9. The van der Waals surface area contributed by atoms with Crippen LogP contribution in [-0.2, 0) is 11.2 Å². The van der Waals surface area contributed by atoms with Gasteiger partial charge in [0.05, 0.1) is 10.9 Å². The molecule has 0 atom stereocenters. The predicted molar refractivity (Wildman–Crippen MR) is 130 cm³/mol. The highest BCUT2D eigenvalue weighted by molar-refractivity contribution is 6.05. The third kappa shape index (κ3) is 4.77. The second-order valence-corrected chi connectivity index (χ2v) is 8.14. The van der Waals surface area contributed by atoms with Gasteiger partial charge in [-0.1, -0.05) is 24.3 Å². The minimum Gasteiger partial charge on any atom is -0.454 e. The van der Waals surface area contributed by atoms with Gasteiger partial charge < -0.3 is 20.1 Å². The minimum absolute atomic E-state index is 0.103. The number of anilines is 1. The smallest absolute Gasteiger partial charge is 0.269 e. The lowest BCUT2D eigenvalue weighted by molar-refractivity contribution is -0.114. The van der Waals surface area contributed by atoms with Crippen LogP contribution in [0.5, 0.6) is 11.5 Å². The van der Waals surface area contributed by atoms with E-state index in [0.717, 1.165) is 16.8 Å². The van der Waals surface area contributed by atoms with Crippen LogP contribution in [0.2, 0.25) is 0 Å². The molecule has 5 rings (SSSR count). The van der Waals surface area contributed by atoms with Gasteiger partial charge in [0.2, 0.25) is 12.7 Å². The summed E-state index contributed by atoms with van der Waals surface area (Å²) in [6.07, 6.45) is 0.614. The van der Waals surface area contributed by atoms with Crippen LogP contribution >= 0.6 is 0 Å². The number of fused-ring (bicyclic) bond motifs is 3. The molecule has 1 aliphatic rings. The lowest BCUT2D eigenvalue weighted by Gasteiger charge is -2.12. The van der Waals surface area contributed by atoms with Crippen LogP contribution in [-0.4, -0.2) is 30.1 Å². The number of nitrogens with zero attached hydrogens (tertiary/aromatic N) is 1. The van der Waals surface area contributed by atoms with Crippen molar-refractivity contribution in [3.8, 4) is 22.6 Å². The lowest BCUT2D eigenvalue weighted by Crippen LogP contribution is -2.26. The van der Waals surface area contributed by atoms with E-state index < -0.39 is 0 Å². The van der Waals surface area contributed by atoms with E-state index in [9.17, 15) is 14.0 Å². The van der Waals surface area contributed by atoms with Crippen molar-refractivity contribution in [2.24, 2.45) is 0 Å². The number of carbonyl (C=O) groups excluding carboxylic acids is 2. The number of hydrogen-bond acceptors (Lipinski definition) is 5. The zero-order chi connectivity index (χ0) is 24.4. The molecule has 2 amide bonds. The van der Waals surface area contributed by atoms with Crippen LogP contribution in [0.1, 0.15) is 23.0 Å². The highest BCUT2D eigenvalue weighted by Crippen LogP contribution is 2.43. The molecule has 2 N–H and O–H groups in total. The van der Waals surface area contributed by atoms with E-state index in [1.807, 2.05) is 24.3 Å². The Balaban J connectivity index is 1.39. The fourth-order valence-electron chi connectivity index (χ4n) is 4.03. The molecule has 0 saturated heterocycles. The molecule has 2 heterocycles. The molecule has 1 aromatic heterocycles. The van der Waals surface area contributed by atoms with Crippen LogP contribution < -0.4 is 20.1 Å². The van der Waals surface area contributed by atoms with Gasteiger partial charge in [-0.15, -0.1) is 0 Å². The number of pyridine rings is 1. The van der Waals surface area contributed by atoms with Gasteiger partial charge in [0.15, 0.2) is 11.5 Å². The average molecular weight is 471 g/mol. The van der Waals surface area contributed by atoms with E-state index in [0.29, 0.717) is 40.9 Å². The molecule has 0 bridgehead atoms. The maximum absolute atomic E-state index is 13.6. The molecule has 0 saturated carbocycles. The summed E-state index contributed by atoms with van der Waals surface area (Å²) in [6.45, 7) is 1.97. The predicted octanol–water partition coefficient (Wildman–Crippen LogP) is 4.70. The molecule has 0 aliphatic carbocycles. The summed E-state index contributed by atoms with van der Waals surface area (Å²) in [5, 5.41) is 6.35. The van der Waals surface area contributed by atoms with Gasteiger partial charge in [-0.25, -0.2) is 9.37 Å². The lowest BCUT2D eigenvalue weighted by atomic mass is 9.99. The molecule has 4 aromatic rings. The number of benzene rings is 3. The van der Waals surface area contributed by atoms with Crippen molar-refractivity contribution in [3.05, 3.63) is 83.8 Å². The first-order valence-corrected chi connectivity index (χ1v) is 11.1. The Kier molecular flexibility index (Phi) is 6.01. The van der Waals surface area contributed by atoms with E-state index in [4.69, 9.17) is 9.47 Å². The number of nitrogens with one attached hydrogen (secondary N) is 2. The van der Waals surface area contributed by atoms with Gasteiger partial charge in [-0.2, -0.15) is 0 Å². The normalized spacial score (nSPS) is 11.9. The topological polar surface area (TPSA) is 89.6 Å². The Morgan fingerprint density at radius 1 is 1.00 bits per heavy atom. The van der Waals surface area contributed by atoms with Crippen molar-refractivity contribution in [1.29, 1.82) is 0 Å². The molecule has 7 nitrogen and oxygen atoms in total. The Morgan fingerprint density at radius 2 is 1.77 bits per heavy atom. The zero-order valence-corrected chi connectivity index (χ0v) is 18.9. The van der Waals surface area contributed by atoms with E-state index in [1.165, 1.54) is 19.1 Å². The van der Waals surface area contributed by atoms with E-state index >= 15 is 0 Å². The van der Waals surface area contributed by atoms with Crippen LogP contribution in [0.25, 0.3) is 22.0 Å². The first-order chi connectivity index (χ1) is 17.0. The molecule has 3 aromatic carbocycles. The molecular formula is C27H22FN3O4. The minimum atomic E-state index is -0.347. The number of rotatable bonds is 6. The molecule has 0 unspecified atom stereocenters. The highest BCUT2D eigenvalue weighted by atomic mass is 19.1. The maximum Gasteiger partial charge on any atom is 0.269 e. The van der Waals surface area contributed by atoms with Gasteiger partial charge >= 0.3 is 0 Å². The second kappa shape index (κ2) is 9.42. The summed E-state index contributed by atoms with van der Waals surface area (Å²) >= 11 is 0. The Morgan fingerprint density at radius 3 is 2.51 bits per heavy atom. The first-order valence-electron chi connectivity index (χ1n) is 11.1. The summed E-state index contributed by atoms with van der Waals surface area (Å²) in [5.74, 6) is 0.369. The highest BCUT2D eigenvalue weighted by Gasteiger charge is 2.22. The van der Waals surface area contributed by atoms with Gasteiger partial charge in [-0.05, 0) is 65.6 Å². The largest absolute Gasteiger partial charge is 0.454 e. The third-order valence-corrected chi connectivity index (χ3v) is 5.67. The van der Waals surface area contributed by atoms with Crippen LogP contribution in [0, 0.1) is 5.82 Å². The van der Waals surface area contributed by atoms with Crippen molar-refractivity contribution in [1.82, 2.24) is 10.3 Å². The molecule has 0 spiro atoms. The molecule has 0 fully saturated rings. The second-order valence-electron chi connectivity index (χ2n) is 8.14. The number of amides is 2. The van der Waals surface area contributed by atoms with Crippen molar-refractivity contribution in [3.63, 3.8) is 0 Å². The summed E-state index contributed by atoms with van der Waals surface area (Å²) < 4.78 is 24.7. The fraction of sp³-hybridized carbons (Fsp3) is 0.148. The molecule has 35 heavy (non-hydrogen) atoms. The monoisotopic (exact) mass is 471 g/mol. The maximum atomic E-state index is 13.6. The van der Waals surface area contributed by atoms with Crippen LogP contribution in [0.4, 0.5) is 10.1 Å². The SMILES string of the molecule is CC(=O)Nc1ccc(CCNC(=O)c2cc(-c3ccc(F)cc3)c3c4c(ccc3n2)OCO4)cc1. The number of aromatic nitrogens is 1. The Bertz CT molecular complexity index is 1420. The third-order valence-electron chi connectivity index (χ3n) is 5.67. The van der Waals surface area contributed by atoms with E-state index in [1.54, 1.807) is 30.3 Å². The number of ether oxygens (including phenoxy) is 2. The van der Waals surface area contributed by atoms with E-state index in [-0.39, 0.29) is 30.1 Å². The van der Waals surface area contributed by atoms with Gasteiger partial charge in [0.25, 0.3) is 5.91 Å². The van der Waals surface area contributed by atoms with Crippen molar-refractivity contribution in [2.45, 2.75) is 13.3 Å². The molecular weight excluding hydrogens is 449 g/mol. The van der Waals surface area contributed by atoms with Gasteiger partial charge in [0.1, 0.15) is 11.5 Å². The van der Waals surface area contributed by atoms with Crippen LogP contribution in [0.15, 0.2) is 66.7 Å². The van der Waals surface area contributed by atoms with Crippen molar-refractivity contribution >= 4 is 28.4 Å². The summed E-state index contributed by atoms with van der Waals surface area (Å²) in [6, 6.07) is 18.7. The number of hydrogen-bond donors (Lipinski definition) is 2. The Hall–Kier alpha value is -4.46. The van der Waals surface area contributed by atoms with Crippen molar-refractivity contribution < 1.29 is 23.5 Å². The van der Waals surface area contributed by atoms with E-state index in [2.05, 4.69) is 15.6 Å². The van der Waals surface area contributed by atoms with Crippen LogP contribution in [0.3, 0.4) is 0 Å². The number of carbonyl (C=O) groups is 2. The average Bonchev–Trinajstić information content (AvgIpc) is 3.34. The fourth-order valence-corrected chi connectivity index (χ4v) is 4.03.